The molecule has 0 spiro atoms. The lowest BCUT2D eigenvalue weighted by Crippen LogP contribution is -2.59. The van der Waals surface area contributed by atoms with Gasteiger partial charge in [-0.2, -0.15) is 4.31 Å². The number of rotatable bonds is 2. The van der Waals surface area contributed by atoms with Crippen molar-refractivity contribution in [2.24, 2.45) is 5.73 Å². The molecule has 2 rings (SSSR count). The minimum absolute atomic E-state index is 0.252. The van der Waals surface area contributed by atoms with Crippen LogP contribution in [0.5, 0.6) is 0 Å². The molecule has 2 fully saturated rings. The summed E-state index contributed by atoms with van der Waals surface area (Å²) in [5.41, 5.74) is 5.63. The van der Waals surface area contributed by atoms with Crippen LogP contribution in [-0.4, -0.2) is 37.1 Å². The average molecular weight is 246 g/mol. The van der Waals surface area contributed by atoms with Gasteiger partial charge >= 0.3 is 0 Å². The van der Waals surface area contributed by atoms with Gasteiger partial charge in [-0.1, -0.05) is 19.3 Å². The van der Waals surface area contributed by atoms with E-state index in [2.05, 4.69) is 0 Å². The van der Waals surface area contributed by atoms with Gasteiger partial charge in [-0.25, -0.2) is 8.42 Å². The summed E-state index contributed by atoms with van der Waals surface area (Å²) in [6.45, 7) is 1.16. The van der Waals surface area contributed by atoms with Crippen LogP contribution in [0.4, 0.5) is 0 Å². The number of sulfonamides is 1. The molecule has 94 valence electrons. The van der Waals surface area contributed by atoms with Gasteiger partial charge in [0.05, 0.1) is 5.75 Å². The van der Waals surface area contributed by atoms with Crippen molar-refractivity contribution in [3.8, 4) is 0 Å². The Bertz CT molecular complexity index is 334. The second-order valence-electron chi connectivity index (χ2n) is 5.08. The van der Waals surface area contributed by atoms with Crippen molar-refractivity contribution in [1.29, 1.82) is 0 Å². The summed E-state index contributed by atoms with van der Waals surface area (Å²) in [7, 11) is -3.04. The Morgan fingerprint density at radius 2 is 1.75 bits per heavy atom. The average Bonchev–Trinajstić information content (AvgIpc) is 2.29. The van der Waals surface area contributed by atoms with E-state index in [1.165, 1.54) is 6.42 Å². The molecule has 1 saturated carbocycles. The number of hydrogen-bond donors (Lipinski definition) is 1. The van der Waals surface area contributed by atoms with E-state index in [0.717, 1.165) is 38.5 Å². The van der Waals surface area contributed by atoms with E-state index in [1.54, 1.807) is 4.31 Å². The molecule has 2 N–H and O–H groups in total. The summed E-state index contributed by atoms with van der Waals surface area (Å²) in [4.78, 5) is 0. The lowest BCUT2D eigenvalue weighted by Gasteiger charge is -2.46. The first-order valence-corrected chi connectivity index (χ1v) is 7.92. The van der Waals surface area contributed by atoms with Gasteiger partial charge in [0.25, 0.3) is 0 Å². The lowest BCUT2D eigenvalue weighted by molar-refractivity contribution is 0.130. The molecular formula is C11H22N2O2S. The van der Waals surface area contributed by atoms with E-state index in [4.69, 9.17) is 5.73 Å². The molecule has 0 amide bonds. The van der Waals surface area contributed by atoms with Gasteiger partial charge < -0.3 is 5.73 Å². The predicted octanol–water partition coefficient (Wildman–Crippen LogP) is 1.07. The predicted molar refractivity (Wildman–Crippen MR) is 64.6 cm³/mol. The van der Waals surface area contributed by atoms with Crippen LogP contribution in [0.25, 0.3) is 0 Å². The van der Waals surface area contributed by atoms with Crippen molar-refractivity contribution < 1.29 is 8.42 Å². The molecule has 1 aliphatic heterocycles. The molecule has 16 heavy (non-hydrogen) atoms. The molecule has 0 aromatic carbocycles. The van der Waals surface area contributed by atoms with Crippen LogP contribution in [-0.2, 0) is 10.0 Å². The first kappa shape index (κ1) is 12.3. The molecule has 0 bridgehead atoms. The van der Waals surface area contributed by atoms with Gasteiger partial charge in [-0.05, 0) is 25.7 Å². The van der Waals surface area contributed by atoms with Crippen molar-refractivity contribution >= 4 is 10.0 Å². The van der Waals surface area contributed by atoms with Gasteiger partial charge in [0.1, 0.15) is 0 Å². The highest BCUT2D eigenvalue weighted by molar-refractivity contribution is 7.89. The van der Waals surface area contributed by atoms with Crippen molar-refractivity contribution in [3.05, 3.63) is 0 Å². The maximum atomic E-state index is 12.1. The zero-order chi connectivity index (χ0) is 11.6. The lowest BCUT2D eigenvalue weighted by atomic mass is 9.81. The Balaban J connectivity index is 2.25. The monoisotopic (exact) mass is 246 g/mol. The molecule has 1 aliphatic carbocycles. The molecular weight excluding hydrogens is 224 g/mol. The second kappa shape index (κ2) is 4.63. The molecule has 0 aromatic rings. The first-order chi connectivity index (χ1) is 7.61. The van der Waals surface area contributed by atoms with Gasteiger partial charge in [0.15, 0.2) is 0 Å². The summed E-state index contributed by atoms with van der Waals surface area (Å²) in [6.07, 6.45) is 7.13. The van der Waals surface area contributed by atoms with Crippen molar-refractivity contribution in [2.45, 2.75) is 50.5 Å². The van der Waals surface area contributed by atoms with Crippen LogP contribution < -0.4 is 5.73 Å². The fraction of sp³-hybridized carbons (Fsp3) is 1.00. The molecule has 4 nitrogen and oxygen atoms in total. The largest absolute Gasteiger partial charge is 0.329 e. The van der Waals surface area contributed by atoms with Crippen LogP contribution in [0.1, 0.15) is 44.9 Å². The zero-order valence-electron chi connectivity index (χ0n) is 9.82. The first-order valence-electron chi connectivity index (χ1n) is 6.31. The Kier molecular flexibility index (Phi) is 3.56. The third kappa shape index (κ3) is 2.13. The van der Waals surface area contributed by atoms with Gasteiger partial charge in [-0.3, -0.25) is 0 Å². The van der Waals surface area contributed by atoms with Crippen LogP contribution in [0, 0.1) is 0 Å². The normalized spacial score (nSPS) is 30.1. The molecule has 5 heteroatoms. The smallest absolute Gasteiger partial charge is 0.214 e. The molecule has 0 radical (unpaired) electrons. The van der Waals surface area contributed by atoms with Crippen molar-refractivity contribution in [1.82, 2.24) is 4.31 Å². The summed E-state index contributed by atoms with van der Waals surface area (Å²) >= 11 is 0. The van der Waals surface area contributed by atoms with Crippen LogP contribution in [0.2, 0.25) is 0 Å². The van der Waals surface area contributed by atoms with Gasteiger partial charge in [0, 0.05) is 18.6 Å². The zero-order valence-corrected chi connectivity index (χ0v) is 10.6. The molecule has 0 atom stereocenters. The molecule has 1 saturated heterocycles. The fourth-order valence-corrected chi connectivity index (χ4v) is 5.13. The third-order valence-electron chi connectivity index (χ3n) is 4.04. The highest BCUT2D eigenvalue weighted by atomic mass is 32.2. The Labute approximate surface area is 98.2 Å². The molecule has 2 aliphatic rings. The quantitative estimate of drug-likeness (QED) is 0.793. The molecule has 1 heterocycles. The summed E-state index contributed by atoms with van der Waals surface area (Å²) in [6, 6.07) is 0. The SMILES string of the molecule is NCC1(N2CCCCS2(=O)=O)CCCCC1. The molecule has 0 aromatic heterocycles. The minimum Gasteiger partial charge on any atom is -0.329 e. The van der Waals surface area contributed by atoms with Gasteiger partial charge in [-0.15, -0.1) is 0 Å². The fourth-order valence-electron chi connectivity index (χ4n) is 3.09. The number of nitrogens with zero attached hydrogens (tertiary/aromatic N) is 1. The Morgan fingerprint density at radius 1 is 1.06 bits per heavy atom. The van der Waals surface area contributed by atoms with Crippen LogP contribution in [0.3, 0.4) is 0 Å². The molecule has 0 unspecified atom stereocenters. The van der Waals surface area contributed by atoms with Crippen LogP contribution >= 0.6 is 0 Å². The van der Waals surface area contributed by atoms with Gasteiger partial charge in [0.2, 0.25) is 10.0 Å². The van der Waals surface area contributed by atoms with E-state index in [0.29, 0.717) is 18.8 Å². The van der Waals surface area contributed by atoms with Crippen molar-refractivity contribution in [2.75, 3.05) is 18.8 Å². The highest BCUT2D eigenvalue weighted by Gasteiger charge is 2.43. The topological polar surface area (TPSA) is 63.4 Å². The maximum Gasteiger partial charge on any atom is 0.214 e. The number of nitrogens with two attached hydrogens (primary N) is 1. The van der Waals surface area contributed by atoms with E-state index < -0.39 is 10.0 Å². The van der Waals surface area contributed by atoms with E-state index >= 15 is 0 Å². The number of hydrogen-bond acceptors (Lipinski definition) is 3. The highest BCUT2D eigenvalue weighted by Crippen LogP contribution is 2.36. The Morgan fingerprint density at radius 3 is 2.31 bits per heavy atom. The third-order valence-corrected chi connectivity index (χ3v) is 6.09. The van der Waals surface area contributed by atoms with Crippen molar-refractivity contribution in [3.63, 3.8) is 0 Å². The second-order valence-corrected chi connectivity index (χ2v) is 7.10. The van der Waals surface area contributed by atoms with E-state index in [1.807, 2.05) is 0 Å². The van der Waals surface area contributed by atoms with E-state index in [9.17, 15) is 8.42 Å². The maximum absolute atomic E-state index is 12.1. The Hall–Kier alpha value is -0.130. The minimum atomic E-state index is -3.04. The van der Waals surface area contributed by atoms with E-state index in [-0.39, 0.29) is 5.54 Å². The summed E-state index contributed by atoms with van der Waals surface area (Å²) in [5.74, 6) is 0.314. The summed E-state index contributed by atoms with van der Waals surface area (Å²) in [5, 5.41) is 0. The standard InChI is InChI=1S/C11H22N2O2S/c12-10-11(6-2-1-3-7-11)13-8-4-5-9-16(13,14)15/h1-10,12H2. The van der Waals surface area contributed by atoms with Crippen LogP contribution in [0.15, 0.2) is 0 Å². The summed E-state index contributed by atoms with van der Waals surface area (Å²) < 4.78 is 26.0.